The molecule has 0 aromatic heterocycles. The topological polar surface area (TPSA) is 75.7 Å². The number of nitrogens with zero attached hydrogens (tertiary/aromatic N) is 1. The molecule has 1 N–H and O–H groups in total. The smallest absolute Gasteiger partial charge is 0.310 e. The molecule has 1 saturated carbocycles. The summed E-state index contributed by atoms with van der Waals surface area (Å²) in [7, 11) is -2.08. The number of hydrogen-bond acceptors (Lipinski definition) is 5. The van der Waals surface area contributed by atoms with Crippen molar-refractivity contribution in [2.75, 3.05) is 33.3 Å². The second kappa shape index (κ2) is 8.44. The molecule has 0 aromatic carbocycles. The van der Waals surface area contributed by atoms with Gasteiger partial charge in [-0.15, -0.1) is 0 Å². The molecule has 1 aliphatic heterocycles. The van der Waals surface area contributed by atoms with Crippen LogP contribution in [0.5, 0.6) is 0 Å². The van der Waals surface area contributed by atoms with Crippen molar-refractivity contribution in [1.82, 2.24) is 9.62 Å². The second-order valence-electron chi connectivity index (χ2n) is 6.65. The van der Waals surface area contributed by atoms with E-state index < -0.39 is 21.2 Å². The Morgan fingerprint density at radius 3 is 2.43 bits per heavy atom. The molecule has 0 radical (unpaired) electrons. The van der Waals surface area contributed by atoms with Crippen molar-refractivity contribution in [3.8, 4) is 0 Å². The van der Waals surface area contributed by atoms with Crippen LogP contribution in [0.2, 0.25) is 0 Å². The normalized spacial score (nSPS) is 27.7. The lowest BCUT2D eigenvalue weighted by Crippen LogP contribution is -2.49. The number of ether oxygens (including phenoxy) is 1. The van der Waals surface area contributed by atoms with E-state index in [1.807, 2.05) is 0 Å². The molecule has 2 aliphatic rings. The third kappa shape index (κ3) is 4.45. The van der Waals surface area contributed by atoms with Gasteiger partial charge in [-0.05, 0) is 44.7 Å². The van der Waals surface area contributed by atoms with Gasteiger partial charge in [0.2, 0.25) is 10.0 Å². The van der Waals surface area contributed by atoms with Crippen LogP contribution in [-0.2, 0) is 19.6 Å². The van der Waals surface area contributed by atoms with Gasteiger partial charge < -0.3 is 10.1 Å². The molecule has 6 nitrogen and oxygen atoms in total. The van der Waals surface area contributed by atoms with Crippen molar-refractivity contribution in [3.63, 3.8) is 0 Å². The zero-order chi connectivity index (χ0) is 16.9. The minimum atomic E-state index is -3.42. The largest absolute Gasteiger partial charge is 0.469 e. The molecule has 0 amide bonds. The predicted molar refractivity (Wildman–Crippen MR) is 89.5 cm³/mol. The van der Waals surface area contributed by atoms with Crippen molar-refractivity contribution in [1.29, 1.82) is 0 Å². The third-order valence-corrected chi connectivity index (χ3v) is 7.62. The molecule has 2 atom stereocenters. The van der Waals surface area contributed by atoms with Gasteiger partial charge in [-0.1, -0.05) is 19.8 Å². The van der Waals surface area contributed by atoms with Crippen LogP contribution in [0.1, 0.15) is 45.4 Å². The molecular weight excluding hydrogens is 316 g/mol. The number of rotatable bonds is 6. The number of esters is 1. The standard InChI is InChI=1S/C16H30N2O4S/c1-3-17-12-13-8-10-18(11-9-13)23(20,21)15-7-5-4-6-14(15)16(19)22-2/h13-15,17H,3-12H2,1-2H3. The van der Waals surface area contributed by atoms with E-state index in [0.717, 1.165) is 38.8 Å². The van der Waals surface area contributed by atoms with Crippen molar-refractivity contribution in [3.05, 3.63) is 0 Å². The molecule has 1 heterocycles. The molecule has 0 aromatic rings. The van der Waals surface area contributed by atoms with Crippen LogP contribution in [0.25, 0.3) is 0 Å². The number of carbonyl (C=O) groups is 1. The first kappa shape index (κ1) is 18.7. The van der Waals surface area contributed by atoms with Gasteiger partial charge in [-0.25, -0.2) is 12.7 Å². The summed E-state index contributed by atoms with van der Waals surface area (Å²) in [5, 5.41) is 2.73. The SMILES string of the molecule is CCNCC1CCN(S(=O)(=O)C2CCCCC2C(=O)OC)CC1. The third-order valence-electron chi connectivity index (χ3n) is 5.21. The Kier molecular flexibility index (Phi) is 6.85. The average Bonchev–Trinajstić information content (AvgIpc) is 2.59. The maximum absolute atomic E-state index is 13.0. The van der Waals surface area contributed by atoms with Gasteiger partial charge in [-0.3, -0.25) is 4.79 Å². The quantitative estimate of drug-likeness (QED) is 0.735. The molecule has 134 valence electrons. The highest BCUT2D eigenvalue weighted by atomic mass is 32.2. The predicted octanol–water partition coefficient (Wildman–Crippen LogP) is 1.37. The lowest BCUT2D eigenvalue weighted by atomic mass is 9.89. The van der Waals surface area contributed by atoms with Crippen LogP contribution in [0, 0.1) is 11.8 Å². The summed E-state index contributed by atoms with van der Waals surface area (Å²) < 4.78 is 32.4. The molecular formula is C16H30N2O4S. The Labute approximate surface area is 140 Å². The van der Waals surface area contributed by atoms with Crippen molar-refractivity contribution in [2.45, 2.75) is 50.7 Å². The monoisotopic (exact) mass is 346 g/mol. The Hall–Kier alpha value is -0.660. The maximum Gasteiger partial charge on any atom is 0.310 e. The zero-order valence-electron chi connectivity index (χ0n) is 14.3. The summed E-state index contributed by atoms with van der Waals surface area (Å²) in [4.78, 5) is 12.0. The number of nitrogens with one attached hydrogen (secondary N) is 1. The van der Waals surface area contributed by atoms with Gasteiger partial charge in [-0.2, -0.15) is 0 Å². The summed E-state index contributed by atoms with van der Waals surface area (Å²) in [6, 6.07) is 0. The van der Waals surface area contributed by atoms with E-state index in [1.54, 1.807) is 4.31 Å². The fraction of sp³-hybridized carbons (Fsp3) is 0.938. The fourth-order valence-electron chi connectivity index (χ4n) is 3.78. The van der Waals surface area contributed by atoms with Gasteiger partial charge in [0.25, 0.3) is 0 Å². The lowest BCUT2D eigenvalue weighted by molar-refractivity contribution is -0.146. The van der Waals surface area contributed by atoms with E-state index in [9.17, 15) is 13.2 Å². The van der Waals surface area contributed by atoms with E-state index >= 15 is 0 Å². The number of methoxy groups -OCH3 is 1. The fourth-order valence-corrected chi connectivity index (χ4v) is 6.01. The van der Waals surface area contributed by atoms with Crippen LogP contribution >= 0.6 is 0 Å². The molecule has 0 spiro atoms. The summed E-state index contributed by atoms with van der Waals surface area (Å²) >= 11 is 0. The molecule has 1 aliphatic carbocycles. The van der Waals surface area contributed by atoms with Gasteiger partial charge >= 0.3 is 5.97 Å². The molecule has 7 heteroatoms. The van der Waals surface area contributed by atoms with Crippen molar-refractivity contribution in [2.24, 2.45) is 11.8 Å². The van der Waals surface area contributed by atoms with Crippen LogP contribution in [-0.4, -0.2) is 57.2 Å². The van der Waals surface area contributed by atoms with Crippen LogP contribution < -0.4 is 5.32 Å². The first-order valence-corrected chi connectivity index (χ1v) is 10.3. The van der Waals surface area contributed by atoms with Crippen molar-refractivity contribution < 1.29 is 17.9 Å². The average molecular weight is 346 g/mol. The number of sulfonamides is 1. The van der Waals surface area contributed by atoms with Gasteiger partial charge in [0, 0.05) is 13.1 Å². The molecule has 2 unspecified atom stereocenters. The van der Waals surface area contributed by atoms with Gasteiger partial charge in [0.1, 0.15) is 0 Å². The van der Waals surface area contributed by atoms with E-state index in [4.69, 9.17) is 4.74 Å². The maximum atomic E-state index is 13.0. The highest BCUT2D eigenvalue weighted by Crippen LogP contribution is 2.33. The lowest BCUT2D eigenvalue weighted by Gasteiger charge is -2.37. The highest BCUT2D eigenvalue weighted by Gasteiger charge is 2.43. The van der Waals surface area contributed by atoms with E-state index in [-0.39, 0.29) is 5.97 Å². The number of hydrogen-bond donors (Lipinski definition) is 1. The highest BCUT2D eigenvalue weighted by molar-refractivity contribution is 7.89. The molecule has 2 rings (SSSR count). The first-order valence-electron chi connectivity index (χ1n) is 8.78. The van der Waals surface area contributed by atoms with Gasteiger partial charge in [0.05, 0.1) is 18.3 Å². The Morgan fingerprint density at radius 2 is 1.83 bits per heavy atom. The number of piperidine rings is 1. The minimum Gasteiger partial charge on any atom is -0.469 e. The summed E-state index contributed by atoms with van der Waals surface area (Å²) in [6.07, 6.45) is 4.74. The first-order chi connectivity index (χ1) is 11.0. The second-order valence-corrected chi connectivity index (χ2v) is 8.80. The van der Waals surface area contributed by atoms with E-state index in [2.05, 4.69) is 12.2 Å². The van der Waals surface area contributed by atoms with Crippen molar-refractivity contribution >= 4 is 16.0 Å². The molecule has 0 bridgehead atoms. The molecule has 1 saturated heterocycles. The minimum absolute atomic E-state index is 0.375. The van der Waals surface area contributed by atoms with Crippen LogP contribution in [0.15, 0.2) is 0 Å². The molecule has 2 fully saturated rings. The van der Waals surface area contributed by atoms with E-state index in [1.165, 1.54) is 7.11 Å². The van der Waals surface area contributed by atoms with Crippen LogP contribution in [0.3, 0.4) is 0 Å². The van der Waals surface area contributed by atoms with Gasteiger partial charge in [0.15, 0.2) is 0 Å². The number of carbonyl (C=O) groups excluding carboxylic acids is 1. The Bertz CT molecular complexity index is 486. The van der Waals surface area contributed by atoms with Crippen LogP contribution in [0.4, 0.5) is 0 Å². The zero-order valence-corrected chi connectivity index (χ0v) is 15.1. The Morgan fingerprint density at radius 1 is 1.17 bits per heavy atom. The molecule has 23 heavy (non-hydrogen) atoms. The Balaban J connectivity index is 2.01. The summed E-state index contributed by atoms with van der Waals surface area (Å²) in [5.74, 6) is -0.331. The van der Waals surface area contributed by atoms with E-state index in [0.29, 0.717) is 31.8 Å². The summed E-state index contributed by atoms with van der Waals surface area (Å²) in [6.45, 7) is 5.13. The summed E-state index contributed by atoms with van der Waals surface area (Å²) in [5.41, 5.74) is 0.